The van der Waals surface area contributed by atoms with E-state index in [1.807, 2.05) is 38.1 Å². The molecule has 2 aromatic heterocycles. The van der Waals surface area contributed by atoms with Crippen molar-refractivity contribution in [3.63, 3.8) is 0 Å². The Labute approximate surface area is 400 Å². The second-order valence-corrected chi connectivity index (χ2v) is 20.7. The number of imidazole rings is 1. The number of hydrogen-bond donors (Lipinski definition) is 5. The lowest BCUT2D eigenvalue weighted by atomic mass is 9.89. The van der Waals surface area contributed by atoms with Gasteiger partial charge in [0.25, 0.3) is 5.91 Å². The van der Waals surface area contributed by atoms with Crippen molar-refractivity contribution in [3.05, 3.63) is 123 Å². The molecule has 354 valence electrons. The van der Waals surface area contributed by atoms with Crippen LogP contribution < -0.4 is 31.7 Å². The van der Waals surface area contributed by atoms with Gasteiger partial charge < -0.3 is 25.8 Å². The van der Waals surface area contributed by atoms with Gasteiger partial charge in [0.1, 0.15) is 15.9 Å². The molecule has 5 N–H and O–H groups in total. The molecule has 4 heterocycles. The summed E-state index contributed by atoms with van der Waals surface area (Å²) in [5.41, 5.74) is 4.14. The topological polar surface area (TPSA) is 227 Å². The molecule has 3 amide bonds. The number of rotatable bonds is 15. The van der Waals surface area contributed by atoms with E-state index in [0.717, 1.165) is 17.0 Å². The molecule has 0 bridgehead atoms. The van der Waals surface area contributed by atoms with Gasteiger partial charge in [-0.2, -0.15) is 4.31 Å². The number of halogens is 1. The van der Waals surface area contributed by atoms with Gasteiger partial charge in [-0.1, -0.05) is 35.9 Å². The maximum absolute atomic E-state index is 14.0. The van der Waals surface area contributed by atoms with Crippen LogP contribution in [0.1, 0.15) is 78.1 Å². The average molecular weight is 983 g/mol. The summed E-state index contributed by atoms with van der Waals surface area (Å²) in [5.74, 6) is -3.00. The number of aryl methyl sites for hydroxylation is 1. The molecular weight excluding hydrogens is 934 g/mol. The van der Waals surface area contributed by atoms with Crippen molar-refractivity contribution in [2.75, 3.05) is 29.1 Å². The molecule has 0 aliphatic carbocycles. The van der Waals surface area contributed by atoms with Crippen molar-refractivity contribution in [1.82, 2.24) is 18.8 Å². The summed E-state index contributed by atoms with van der Waals surface area (Å²) in [7, 11) is -2.19. The smallest absolute Gasteiger partial charge is 0.341 e. The van der Waals surface area contributed by atoms with E-state index in [9.17, 15) is 37.2 Å². The van der Waals surface area contributed by atoms with Gasteiger partial charge in [0.2, 0.25) is 21.8 Å². The number of amides is 3. The molecule has 20 heteroatoms. The van der Waals surface area contributed by atoms with Crippen molar-refractivity contribution >= 4 is 96.2 Å². The first-order chi connectivity index (χ1) is 32.3. The highest BCUT2D eigenvalue weighted by Gasteiger charge is 2.41. The number of nitrogens with zero attached hydrogens (tertiary/aromatic N) is 3. The van der Waals surface area contributed by atoms with Crippen LogP contribution in [0, 0.1) is 0 Å². The minimum atomic E-state index is -3.81. The lowest BCUT2D eigenvalue weighted by molar-refractivity contribution is -0.139. The van der Waals surface area contributed by atoms with Crippen LogP contribution in [0.5, 0.6) is 5.75 Å². The zero-order chi connectivity index (χ0) is 48.7. The van der Waals surface area contributed by atoms with Gasteiger partial charge in [-0.05, 0) is 111 Å². The predicted molar refractivity (Wildman–Crippen MR) is 261 cm³/mol. The number of aromatic nitrogens is 2. The third-order valence-electron chi connectivity index (χ3n) is 12.0. The number of thiophene rings is 1. The Kier molecular flexibility index (Phi) is 13.4. The minimum Gasteiger partial charge on any atom is -0.479 e. The molecule has 8 rings (SSSR count). The zero-order valence-electron chi connectivity index (χ0n) is 37.4. The van der Waals surface area contributed by atoms with Crippen molar-refractivity contribution in [2.24, 2.45) is 7.05 Å². The number of benzene rings is 4. The zero-order valence-corrected chi connectivity index (χ0v) is 39.8. The fraction of sp³-hybridized carbons (Fsp3) is 0.292. The maximum atomic E-state index is 14.0. The monoisotopic (exact) mass is 981 g/mol. The van der Waals surface area contributed by atoms with Crippen LogP contribution in [0.4, 0.5) is 22.7 Å². The predicted octanol–water partition coefficient (Wildman–Crippen LogP) is 7.55. The SMILES string of the molecule is CC(=O)c1sc(-c2cccc(N[C@H]3CCN(S(=O)(=O)Cc4cccc(NC(=O)c5ccc(Nc6ccc7c(c6)n(C)c(=O)n7C6CCC(=O)NC6=O)cc5)c4)C(C)(C)C3)c2)c(Cl)c1OCC(=O)O. The molecule has 17 nitrogen and oxygen atoms in total. The molecule has 2 aliphatic rings. The van der Waals surface area contributed by atoms with E-state index in [2.05, 4.69) is 21.3 Å². The van der Waals surface area contributed by atoms with Crippen LogP contribution in [0.2, 0.25) is 5.02 Å². The Balaban J connectivity index is 0.875. The van der Waals surface area contributed by atoms with Crippen molar-refractivity contribution < 1.29 is 42.2 Å². The van der Waals surface area contributed by atoms with Crippen molar-refractivity contribution in [2.45, 2.75) is 69.8 Å². The Hall–Kier alpha value is -6.80. The molecule has 2 aliphatic heterocycles. The first-order valence-electron chi connectivity index (χ1n) is 21.7. The van der Waals surface area contributed by atoms with E-state index in [1.54, 1.807) is 78.1 Å². The van der Waals surface area contributed by atoms with Gasteiger partial charge in [0.05, 0.1) is 21.7 Å². The number of sulfonamides is 1. The number of carboxylic acids is 1. The van der Waals surface area contributed by atoms with Crippen LogP contribution in [0.25, 0.3) is 21.5 Å². The Bertz CT molecular complexity index is 3180. The molecule has 0 saturated carbocycles. The summed E-state index contributed by atoms with van der Waals surface area (Å²) in [6.45, 7) is 4.77. The molecule has 2 fully saturated rings. The van der Waals surface area contributed by atoms with Crippen LogP contribution >= 0.6 is 22.9 Å². The number of nitrogens with one attached hydrogen (secondary N) is 4. The number of Topliss-reactive ketones (excluding diaryl/α,β-unsaturated/α-hetero) is 1. The highest BCUT2D eigenvalue weighted by atomic mass is 35.5. The molecular formula is C48H48ClN7O10S2. The number of fused-ring (bicyclic) bond motifs is 1. The highest BCUT2D eigenvalue weighted by molar-refractivity contribution is 7.88. The summed E-state index contributed by atoms with van der Waals surface area (Å²) in [5, 5.41) is 21.3. The molecule has 6 aromatic rings. The minimum absolute atomic E-state index is 0.0385. The second-order valence-electron chi connectivity index (χ2n) is 17.4. The molecule has 68 heavy (non-hydrogen) atoms. The normalized spacial score (nSPS) is 17.4. The highest BCUT2D eigenvalue weighted by Crippen LogP contribution is 2.46. The number of carboxylic acid groups (broad SMARTS) is 1. The van der Waals surface area contributed by atoms with Crippen LogP contribution in [-0.4, -0.2) is 81.2 Å². The van der Waals surface area contributed by atoms with Gasteiger partial charge in [-0.15, -0.1) is 11.3 Å². The third-order valence-corrected chi connectivity index (χ3v) is 15.8. The van der Waals surface area contributed by atoms with E-state index in [0.29, 0.717) is 62.5 Å². The quantitative estimate of drug-likeness (QED) is 0.0497. The fourth-order valence-electron chi connectivity index (χ4n) is 8.86. The number of carbonyl (C=O) groups is 5. The largest absolute Gasteiger partial charge is 0.479 e. The van der Waals surface area contributed by atoms with Crippen molar-refractivity contribution in [1.29, 1.82) is 0 Å². The van der Waals surface area contributed by atoms with Gasteiger partial charge in [-0.25, -0.2) is 18.0 Å². The first-order valence-corrected chi connectivity index (χ1v) is 24.5. The van der Waals surface area contributed by atoms with Crippen LogP contribution in [0.15, 0.2) is 95.8 Å². The first kappa shape index (κ1) is 47.7. The number of piperidine rings is 2. The van der Waals surface area contributed by atoms with Gasteiger partial charge in [0, 0.05) is 66.8 Å². The summed E-state index contributed by atoms with van der Waals surface area (Å²) in [6, 6.07) is 25.4. The van der Waals surface area contributed by atoms with E-state index in [1.165, 1.54) is 16.1 Å². The van der Waals surface area contributed by atoms with Gasteiger partial charge in [-0.3, -0.25) is 33.6 Å². The molecule has 0 radical (unpaired) electrons. The average Bonchev–Trinajstić information content (AvgIpc) is 3.74. The number of carbonyl (C=O) groups excluding carboxylic acids is 4. The molecule has 4 aromatic carbocycles. The molecule has 1 unspecified atom stereocenters. The van der Waals surface area contributed by atoms with Gasteiger partial charge >= 0.3 is 11.7 Å². The maximum Gasteiger partial charge on any atom is 0.341 e. The summed E-state index contributed by atoms with van der Waals surface area (Å²) >= 11 is 7.75. The lowest BCUT2D eigenvalue weighted by Gasteiger charge is -2.45. The number of ketones is 1. The Morgan fingerprint density at radius 1 is 0.912 bits per heavy atom. The molecule has 2 saturated heterocycles. The van der Waals surface area contributed by atoms with Gasteiger partial charge in [0.15, 0.2) is 18.1 Å². The summed E-state index contributed by atoms with van der Waals surface area (Å²) in [4.78, 5) is 75.1. The third kappa shape index (κ3) is 10.1. The van der Waals surface area contributed by atoms with Crippen LogP contribution in [-0.2, 0) is 37.2 Å². The number of aliphatic carboxylic acids is 1. The van der Waals surface area contributed by atoms with E-state index >= 15 is 0 Å². The Morgan fingerprint density at radius 2 is 1.63 bits per heavy atom. The number of imide groups is 1. The number of anilines is 4. The molecule has 0 spiro atoms. The standard InChI is InChI=1S/C48H48ClN7O10S2/c1-27(57)43-42(66-25-40(59)60)41(49)44(67-43)30-8-6-10-33(22-30)51-35-19-20-55(48(2,3)24-35)68(64,65)26-28-7-5-9-32(21-28)52-45(61)29-11-13-31(14-12-29)50-34-15-16-36-38(23-34)54(4)47(63)56(36)37-17-18-39(58)53-46(37)62/h5-16,21-23,35,37,50-51H,17-20,24-26H2,1-4H3,(H,52,61)(H,59,60)(H,53,58,62)/t35-,37?/m0/s1. The Morgan fingerprint density at radius 3 is 2.34 bits per heavy atom. The lowest BCUT2D eigenvalue weighted by Crippen LogP contribution is -2.55. The molecule has 2 atom stereocenters. The van der Waals surface area contributed by atoms with E-state index in [-0.39, 0.29) is 64.2 Å². The van der Waals surface area contributed by atoms with E-state index in [4.69, 9.17) is 21.4 Å². The summed E-state index contributed by atoms with van der Waals surface area (Å²) < 4.78 is 37.8. The summed E-state index contributed by atoms with van der Waals surface area (Å²) in [6.07, 6.45) is 1.40. The van der Waals surface area contributed by atoms with Crippen LogP contribution in [0.3, 0.4) is 0 Å². The number of hydrogen-bond acceptors (Lipinski definition) is 12. The van der Waals surface area contributed by atoms with Crippen molar-refractivity contribution in [3.8, 4) is 16.2 Å². The second kappa shape index (κ2) is 19.1. The fourth-order valence-corrected chi connectivity index (χ4v) is 12.3. The van der Waals surface area contributed by atoms with E-state index < -0.39 is 46.0 Å². The number of ether oxygens (including phenoxy) is 1.